The summed E-state index contributed by atoms with van der Waals surface area (Å²) in [4.78, 5) is 12.7. The fourth-order valence-corrected chi connectivity index (χ4v) is 3.15. The standard InChI is InChI=1S/C16H22N2O4/c1-13-12-21-16(22-13)7-10-17(11-8-16)9-6-14-2-4-15(5-3-14)18(19)20/h2-5,13H,6-12H2,1H3. The van der Waals surface area contributed by atoms with Gasteiger partial charge >= 0.3 is 0 Å². The molecule has 1 unspecified atom stereocenters. The van der Waals surface area contributed by atoms with Crippen molar-refractivity contribution >= 4 is 5.69 Å². The summed E-state index contributed by atoms with van der Waals surface area (Å²) >= 11 is 0. The van der Waals surface area contributed by atoms with Gasteiger partial charge in [-0.2, -0.15) is 0 Å². The van der Waals surface area contributed by atoms with Gasteiger partial charge in [0.15, 0.2) is 5.79 Å². The third kappa shape index (κ3) is 3.45. The summed E-state index contributed by atoms with van der Waals surface area (Å²) in [5.41, 5.74) is 1.28. The number of rotatable bonds is 4. The van der Waals surface area contributed by atoms with Crippen molar-refractivity contribution in [3.8, 4) is 0 Å². The lowest BCUT2D eigenvalue weighted by molar-refractivity contribution is -0.384. The second-order valence-electron chi connectivity index (χ2n) is 6.17. The molecule has 2 aliphatic heterocycles. The zero-order valence-electron chi connectivity index (χ0n) is 12.9. The molecule has 0 aromatic heterocycles. The van der Waals surface area contributed by atoms with Crippen LogP contribution in [0.4, 0.5) is 5.69 Å². The van der Waals surface area contributed by atoms with Crippen molar-refractivity contribution in [2.75, 3.05) is 26.2 Å². The van der Waals surface area contributed by atoms with E-state index >= 15 is 0 Å². The van der Waals surface area contributed by atoms with E-state index in [1.807, 2.05) is 12.1 Å². The molecule has 0 aliphatic carbocycles. The molecule has 0 N–H and O–H groups in total. The third-order valence-corrected chi connectivity index (χ3v) is 4.48. The molecule has 22 heavy (non-hydrogen) atoms. The quantitative estimate of drug-likeness (QED) is 0.631. The summed E-state index contributed by atoms with van der Waals surface area (Å²) in [5.74, 6) is -0.344. The Morgan fingerprint density at radius 1 is 1.32 bits per heavy atom. The van der Waals surface area contributed by atoms with Crippen molar-refractivity contribution in [2.45, 2.75) is 38.1 Å². The van der Waals surface area contributed by atoms with E-state index in [9.17, 15) is 10.1 Å². The van der Waals surface area contributed by atoms with Crippen molar-refractivity contribution in [3.63, 3.8) is 0 Å². The monoisotopic (exact) mass is 306 g/mol. The number of ether oxygens (including phenoxy) is 2. The first-order valence-corrected chi connectivity index (χ1v) is 7.84. The Morgan fingerprint density at radius 3 is 2.55 bits per heavy atom. The first-order valence-electron chi connectivity index (χ1n) is 7.84. The Hall–Kier alpha value is -1.50. The van der Waals surface area contributed by atoms with Crippen LogP contribution in [0, 0.1) is 10.1 Å². The number of piperidine rings is 1. The highest BCUT2D eigenvalue weighted by Gasteiger charge is 2.42. The van der Waals surface area contributed by atoms with Crippen LogP contribution in [0.3, 0.4) is 0 Å². The molecule has 2 fully saturated rings. The summed E-state index contributed by atoms with van der Waals surface area (Å²) in [7, 11) is 0. The minimum absolute atomic E-state index is 0.147. The van der Waals surface area contributed by atoms with Gasteiger partial charge in [-0.3, -0.25) is 10.1 Å². The normalized spacial score (nSPS) is 24.7. The fourth-order valence-electron chi connectivity index (χ4n) is 3.15. The Bertz CT molecular complexity index is 523. The molecule has 2 aliphatic rings. The maximum Gasteiger partial charge on any atom is 0.269 e. The number of benzene rings is 1. The molecule has 0 amide bonds. The van der Waals surface area contributed by atoms with E-state index in [-0.39, 0.29) is 22.5 Å². The third-order valence-electron chi connectivity index (χ3n) is 4.48. The number of nitrogens with zero attached hydrogens (tertiary/aromatic N) is 2. The van der Waals surface area contributed by atoms with Crippen molar-refractivity contribution in [2.24, 2.45) is 0 Å². The van der Waals surface area contributed by atoms with Gasteiger partial charge in [-0.1, -0.05) is 12.1 Å². The van der Waals surface area contributed by atoms with Gasteiger partial charge in [0.05, 0.1) is 17.6 Å². The fraction of sp³-hybridized carbons (Fsp3) is 0.625. The summed E-state index contributed by atoms with van der Waals surface area (Å²) in [5, 5.41) is 10.6. The number of hydrogen-bond acceptors (Lipinski definition) is 5. The van der Waals surface area contributed by atoms with E-state index in [0.717, 1.165) is 44.5 Å². The van der Waals surface area contributed by atoms with Crippen LogP contribution in [-0.4, -0.2) is 48.0 Å². The first kappa shape index (κ1) is 15.4. The van der Waals surface area contributed by atoms with E-state index in [1.165, 1.54) is 0 Å². The van der Waals surface area contributed by atoms with E-state index in [1.54, 1.807) is 12.1 Å². The molecule has 6 nitrogen and oxygen atoms in total. The molecule has 2 heterocycles. The molecule has 0 radical (unpaired) electrons. The van der Waals surface area contributed by atoms with Crippen LogP contribution in [0.25, 0.3) is 0 Å². The highest BCUT2D eigenvalue weighted by atomic mass is 16.7. The van der Waals surface area contributed by atoms with Gasteiger partial charge < -0.3 is 14.4 Å². The maximum atomic E-state index is 10.6. The lowest BCUT2D eigenvalue weighted by Crippen LogP contribution is -2.45. The lowest BCUT2D eigenvalue weighted by atomic mass is 10.0. The number of nitro benzene ring substituents is 1. The van der Waals surface area contributed by atoms with Crippen molar-refractivity contribution in [3.05, 3.63) is 39.9 Å². The molecule has 2 saturated heterocycles. The minimum atomic E-state index is -0.365. The predicted octanol–water partition coefficient (Wildman–Crippen LogP) is 2.36. The average Bonchev–Trinajstić information content (AvgIpc) is 2.88. The van der Waals surface area contributed by atoms with Crippen molar-refractivity contribution in [1.29, 1.82) is 0 Å². The van der Waals surface area contributed by atoms with Gasteiger partial charge in [-0.15, -0.1) is 0 Å². The van der Waals surface area contributed by atoms with Gasteiger partial charge in [0, 0.05) is 44.6 Å². The van der Waals surface area contributed by atoms with Crippen LogP contribution in [0.2, 0.25) is 0 Å². The zero-order valence-corrected chi connectivity index (χ0v) is 12.9. The SMILES string of the molecule is CC1COC2(CCN(CCc3ccc([N+](=O)[O-])cc3)CC2)O1. The van der Waals surface area contributed by atoms with Gasteiger partial charge in [-0.25, -0.2) is 0 Å². The van der Waals surface area contributed by atoms with Crippen LogP contribution in [0.5, 0.6) is 0 Å². The number of likely N-dealkylation sites (tertiary alicyclic amines) is 1. The number of non-ortho nitro benzene ring substituents is 1. The summed E-state index contributed by atoms with van der Waals surface area (Å²) in [6.07, 6.45) is 2.94. The second-order valence-corrected chi connectivity index (χ2v) is 6.17. The summed E-state index contributed by atoms with van der Waals surface area (Å²) in [6.45, 7) is 5.65. The Kier molecular flexibility index (Phi) is 4.42. The Labute approximate surface area is 130 Å². The molecule has 0 bridgehead atoms. The highest BCUT2D eigenvalue weighted by molar-refractivity contribution is 5.32. The largest absolute Gasteiger partial charge is 0.347 e. The van der Waals surface area contributed by atoms with Gasteiger partial charge in [0.25, 0.3) is 5.69 Å². The van der Waals surface area contributed by atoms with E-state index in [4.69, 9.17) is 9.47 Å². The maximum absolute atomic E-state index is 10.6. The van der Waals surface area contributed by atoms with Crippen LogP contribution >= 0.6 is 0 Å². The highest BCUT2D eigenvalue weighted by Crippen LogP contribution is 2.33. The Balaban J connectivity index is 1.46. The topological polar surface area (TPSA) is 64.8 Å². The zero-order chi connectivity index (χ0) is 15.6. The average molecular weight is 306 g/mol. The summed E-state index contributed by atoms with van der Waals surface area (Å²) in [6, 6.07) is 6.83. The molecule has 1 aromatic carbocycles. The van der Waals surface area contributed by atoms with Gasteiger partial charge in [0.1, 0.15) is 0 Å². The van der Waals surface area contributed by atoms with E-state index < -0.39 is 0 Å². The van der Waals surface area contributed by atoms with Crippen molar-refractivity contribution in [1.82, 2.24) is 4.90 Å². The second kappa shape index (κ2) is 6.32. The minimum Gasteiger partial charge on any atom is -0.347 e. The molecule has 3 rings (SSSR count). The molecule has 1 spiro atoms. The molecule has 1 atom stereocenters. The lowest BCUT2D eigenvalue weighted by Gasteiger charge is -2.37. The van der Waals surface area contributed by atoms with Gasteiger partial charge in [-0.05, 0) is 18.9 Å². The van der Waals surface area contributed by atoms with Crippen LogP contribution in [0.1, 0.15) is 25.3 Å². The molecule has 1 aromatic rings. The predicted molar refractivity (Wildman–Crippen MR) is 81.7 cm³/mol. The van der Waals surface area contributed by atoms with Crippen LogP contribution < -0.4 is 0 Å². The first-order chi connectivity index (χ1) is 10.6. The Morgan fingerprint density at radius 2 is 2.00 bits per heavy atom. The molecular weight excluding hydrogens is 284 g/mol. The summed E-state index contributed by atoms with van der Waals surface area (Å²) < 4.78 is 11.8. The van der Waals surface area contributed by atoms with E-state index in [2.05, 4.69) is 11.8 Å². The molecule has 6 heteroatoms. The number of nitro groups is 1. The van der Waals surface area contributed by atoms with Crippen LogP contribution in [-0.2, 0) is 15.9 Å². The molecular formula is C16H22N2O4. The number of hydrogen-bond donors (Lipinski definition) is 0. The smallest absolute Gasteiger partial charge is 0.269 e. The molecule has 120 valence electrons. The van der Waals surface area contributed by atoms with E-state index in [0.29, 0.717) is 6.61 Å². The van der Waals surface area contributed by atoms with Crippen LogP contribution in [0.15, 0.2) is 24.3 Å². The van der Waals surface area contributed by atoms with Gasteiger partial charge in [0.2, 0.25) is 0 Å². The molecule has 0 saturated carbocycles. The van der Waals surface area contributed by atoms with Crippen molar-refractivity contribution < 1.29 is 14.4 Å².